The number of para-hydroxylation sites is 1. The molecule has 2 amide bonds. The summed E-state index contributed by atoms with van der Waals surface area (Å²) in [7, 11) is 4.11. The summed E-state index contributed by atoms with van der Waals surface area (Å²) < 4.78 is 5.61. The van der Waals surface area contributed by atoms with E-state index in [1.807, 2.05) is 11.0 Å². The van der Waals surface area contributed by atoms with Crippen LogP contribution in [0.3, 0.4) is 0 Å². The summed E-state index contributed by atoms with van der Waals surface area (Å²) in [6.07, 6.45) is 4.30. The third kappa shape index (κ3) is 6.37. The molecule has 1 aromatic heterocycles. The van der Waals surface area contributed by atoms with Gasteiger partial charge >= 0.3 is 0 Å². The van der Waals surface area contributed by atoms with Gasteiger partial charge in [0.15, 0.2) is 11.6 Å². The minimum atomic E-state index is -0.326. The Balaban J connectivity index is 1.15. The number of benzene rings is 3. The first-order valence-electron chi connectivity index (χ1n) is 16.3. The topological polar surface area (TPSA) is 85.2 Å². The van der Waals surface area contributed by atoms with Gasteiger partial charge in [0.25, 0.3) is 11.8 Å². The van der Waals surface area contributed by atoms with E-state index in [9.17, 15) is 9.59 Å². The number of piperazine rings is 1. The molecule has 3 aliphatic rings. The van der Waals surface area contributed by atoms with E-state index in [1.54, 1.807) is 0 Å². The Kier molecular flexibility index (Phi) is 8.25. The van der Waals surface area contributed by atoms with E-state index in [0.29, 0.717) is 36.1 Å². The fraction of sp³-hybridized carbons (Fsp3) is 0.378. The maximum atomic E-state index is 14.0. The standard InChI is InChI=1S/C37H42N6O3/c1-25-7-4-5-10-33(25)41-15-17-42(18-16-41)34-20-29-13-14-43(23-27-9-6-8-26(19-27)22-40(2)3)37(45)30(29)21-31(34)38-35(44)32-24-46-36(39-32)28-11-12-28/h4-10,19-21,24,28H,11-18,22-23H2,1-3H3,(H,38,44). The number of amides is 2. The highest BCUT2D eigenvalue weighted by molar-refractivity contribution is 6.06. The van der Waals surface area contributed by atoms with E-state index in [-0.39, 0.29) is 17.5 Å². The van der Waals surface area contributed by atoms with Crippen molar-refractivity contribution < 1.29 is 14.0 Å². The highest BCUT2D eigenvalue weighted by atomic mass is 16.3. The van der Waals surface area contributed by atoms with E-state index in [4.69, 9.17) is 4.42 Å². The number of anilines is 3. The summed E-state index contributed by atoms with van der Waals surface area (Å²) in [5.74, 6) is 0.609. The second-order valence-electron chi connectivity index (χ2n) is 13.1. The molecule has 0 radical (unpaired) electrons. The number of carbonyl (C=O) groups excluding carboxylic acids is 2. The molecule has 1 aliphatic carbocycles. The predicted molar refractivity (Wildman–Crippen MR) is 181 cm³/mol. The quantitative estimate of drug-likeness (QED) is 0.258. The van der Waals surface area contributed by atoms with Crippen LogP contribution in [0.4, 0.5) is 17.1 Å². The van der Waals surface area contributed by atoms with Crippen LogP contribution in [0.1, 0.15) is 67.8 Å². The van der Waals surface area contributed by atoms with Crippen LogP contribution in [0.2, 0.25) is 0 Å². The van der Waals surface area contributed by atoms with Crippen molar-refractivity contribution in [3.05, 3.63) is 106 Å². The molecule has 0 bridgehead atoms. The minimum absolute atomic E-state index is 0.0110. The van der Waals surface area contributed by atoms with Crippen LogP contribution in [0.15, 0.2) is 71.3 Å². The zero-order valence-corrected chi connectivity index (χ0v) is 27.0. The fourth-order valence-corrected chi connectivity index (χ4v) is 6.69. The average molecular weight is 619 g/mol. The zero-order valence-electron chi connectivity index (χ0n) is 27.0. The maximum Gasteiger partial charge on any atom is 0.277 e. The first-order chi connectivity index (χ1) is 22.3. The first-order valence-corrected chi connectivity index (χ1v) is 16.3. The Morgan fingerprint density at radius 3 is 2.41 bits per heavy atom. The number of oxazole rings is 1. The van der Waals surface area contributed by atoms with Gasteiger partial charge in [-0.2, -0.15) is 0 Å². The van der Waals surface area contributed by atoms with E-state index in [2.05, 4.69) is 101 Å². The smallest absolute Gasteiger partial charge is 0.277 e. The molecule has 1 saturated carbocycles. The van der Waals surface area contributed by atoms with Gasteiger partial charge in [-0.15, -0.1) is 0 Å². The Morgan fingerprint density at radius 2 is 1.67 bits per heavy atom. The van der Waals surface area contributed by atoms with Crippen molar-refractivity contribution in [2.75, 3.05) is 61.9 Å². The second kappa shape index (κ2) is 12.6. The Bertz CT molecular complexity index is 1750. The van der Waals surface area contributed by atoms with Gasteiger partial charge in [0.1, 0.15) is 6.26 Å². The van der Waals surface area contributed by atoms with Crippen LogP contribution in [-0.4, -0.2) is 73.4 Å². The molecule has 0 unspecified atom stereocenters. The number of fused-ring (bicyclic) bond motifs is 1. The number of aryl methyl sites for hydroxylation is 1. The normalized spacial score (nSPS) is 16.6. The molecule has 3 heterocycles. The highest BCUT2D eigenvalue weighted by Gasteiger charge is 2.31. The van der Waals surface area contributed by atoms with Crippen molar-refractivity contribution in [3.8, 4) is 0 Å². The lowest BCUT2D eigenvalue weighted by Crippen LogP contribution is -2.47. The Labute approximate surface area is 270 Å². The average Bonchev–Trinajstić information content (AvgIpc) is 3.78. The number of rotatable bonds is 9. The van der Waals surface area contributed by atoms with Crippen LogP contribution < -0.4 is 15.1 Å². The van der Waals surface area contributed by atoms with Crippen molar-refractivity contribution in [1.29, 1.82) is 0 Å². The van der Waals surface area contributed by atoms with Gasteiger partial charge < -0.3 is 29.3 Å². The molecular weight excluding hydrogens is 576 g/mol. The van der Waals surface area contributed by atoms with Gasteiger partial charge in [-0.05, 0) is 80.7 Å². The third-order valence-electron chi connectivity index (χ3n) is 9.26. The molecule has 7 rings (SSSR count). The lowest BCUT2D eigenvalue weighted by Gasteiger charge is -2.39. The van der Waals surface area contributed by atoms with Crippen molar-refractivity contribution in [1.82, 2.24) is 14.8 Å². The maximum absolute atomic E-state index is 14.0. The molecule has 0 atom stereocenters. The molecule has 1 N–H and O–H groups in total. The fourth-order valence-electron chi connectivity index (χ4n) is 6.69. The summed E-state index contributed by atoms with van der Waals surface area (Å²) in [5, 5.41) is 3.12. The Morgan fingerprint density at radius 1 is 0.935 bits per heavy atom. The lowest BCUT2D eigenvalue weighted by molar-refractivity contribution is 0.0726. The molecule has 238 valence electrons. The summed E-state index contributed by atoms with van der Waals surface area (Å²) >= 11 is 0. The molecule has 2 fully saturated rings. The van der Waals surface area contributed by atoms with Gasteiger partial charge in [0, 0.05) is 63.0 Å². The third-order valence-corrected chi connectivity index (χ3v) is 9.26. The largest absolute Gasteiger partial charge is 0.448 e. The number of carbonyl (C=O) groups is 2. The lowest BCUT2D eigenvalue weighted by atomic mass is 9.95. The SMILES string of the molecule is Cc1ccccc1N1CCN(c2cc3c(cc2NC(=O)c2coc(C4CC4)n2)C(=O)N(Cc2cccc(CN(C)C)c2)CC3)CC1. The summed E-state index contributed by atoms with van der Waals surface area (Å²) in [5.41, 5.74) is 8.38. The van der Waals surface area contributed by atoms with Gasteiger partial charge in [-0.25, -0.2) is 4.98 Å². The number of aromatic nitrogens is 1. The molecular formula is C37H42N6O3. The molecule has 3 aromatic carbocycles. The monoisotopic (exact) mass is 618 g/mol. The van der Waals surface area contributed by atoms with Crippen molar-refractivity contribution in [2.45, 2.75) is 45.2 Å². The number of nitrogens with zero attached hydrogens (tertiary/aromatic N) is 5. The van der Waals surface area contributed by atoms with Crippen LogP contribution in [0.5, 0.6) is 0 Å². The molecule has 46 heavy (non-hydrogen) atoms. The molecule has 2 aliphatic heterocycles. The van der Waals surface area contributed by atoms with Gasteiger partial charge in [-0.3, -0.25) is 9.59 Å². The molecule has 0 spiro atoms. The minimum Gasteiger partial charge on any atom is -0.448 e. The second-order valence-corrected chi connectivity index (χ2v) is 13.1. The number of nitrogens with one attached hydrogen (secondary N) is 1. The van der Waals surface area contributed by atoms with E-state index < -0.39 is 0 Å². The molecule has 9 nitrogen and oxygen atoms in total. The van der Waals surface area contributed by atoms with Crippen molar-refractivity contribution in [2.24, 2.45) is 0 Å². The molecule has 4 aromatic rings. The first kappa shape index (κ1) is 30.0. The summed E-state index contributed by atoms with van der Waals surface area (Å²) in [6, 6.07) is 21.0. The zero-order chi connectivity index (χ0) is 31.8. The van der Waals surface area contributed by atoms with Gasteiger partial charge in [0.2, 0.25) is 0 Å². The predicted octanol–water partition coefficient (Wildman–Crippen LogP) is 5.70. The molecule has 1 saturated heterocycles. The van der Waals surface area contributed by atoms with Crippen LogP contribution in [0, 0.1) is 6.92 Å². The van der Waals surface area contributed by atoms with Crippen LogP contribution in [0.25, 0.3) is 0 Å². The van der Waals surface area contributed by atoms with Gasteiger partial charge in [-0.1, -0.05) is 42.5 Å². The van der Waals surface area contributed by atoms with Crippen LogP contribution >= 0.6 is 0 Å². The van der Waals surface area contributed by atoms with E-state index in [1.165, 1.54) is 23.1 Å². The molecule has 9 heteroatoms. The van der Waals surface area contributed by atoms with Crippen molar-refractivity contribution in [3.63, 3.8) is 0 Å². The number of hydrogen-bond acceptors (Lipinski definition) is 7. The van der Waals surface area contributed by atoms with Crippen molar-refractivity contribution >= 4 is 28.9 Å². The van der Waals surface area contributed by atoms with Gasteiger partial charge in [0.05, 0.1) is 11.4 Å². The van der Waals surface area contributed by atoms with E-state index in [0.717, 1.165) is 68.8 Å². The van der Waals surface area contributed by atoms with Crippen LogP contribution in [-0.2, 0) is 19.5 Å². The summed E-state index contributed by atoms with van der Waals surface area (Å²) in [6.45, 7) is 7.53. The summed E-state index contributed by atoms with van der Waals surface area (Å²) in [4.78, 5) is 40.7. The van der Waals surface area contributed by atoms with E-state index >= 15 is 0 Å². The Hall–Kier alpha value is -4.63. The highest BCUT2D eigenvalue weighted by Crippen LogP contribution is 2.39. The number of hydrogen-bond donors (Lipinski definition) is 1.